The van der Waals surface area contributed by atoms with Gasteiger partial charge < -0.3 is 14.2 Å². The zero-order valence-corrected chi connectivity index (χ0v) is 15.7. The summed E-state index contributed by atoms with van der Waals surface area (Å²) in [6.45, 7) is 5.67. The van der Waals surface area contributed by atoms with E-state index in [-0.39, 0.29) is 11.5 Å². The molecule has 0 unspecified atom stereocenters. The highest BCUT2D eigenvalue weighted by atomic mass is 16.5. The van der Waals surface area contributed by atoms with E-state index in [4.69, 9.17) is 14.2 Å². The topological polar surface area (TPSA) is 111 Å². The molecule has 1 heterocycles. The zero-order valence-electron chi connectivity index (χ0n) is 15.7. The predicted octanol–water partition coefficient (Wildman–Crippen LogP) is 1.93. The molecule has 1 aromatic heterocycles. The van der Waals surface area contributed by atoms with Crippen molar-refractivity contribution in [1.29, 1.82) is 0 Å². The lowest BCUT2D eigenvalue weighted by atomic mass is 9.93. The molecule has 26 heavy (non-hydrogen) atoms. The Hall–Kier alpha value is -3.10. The molecule has 0 aliphatic heterocycles. The molecule has 0 saturated carbocycles. The molecule has 0 amide bonds. The zero-order chi connectivity index (χ0) is 19.3. The fourth-order valence-corrected chi connectivity index (χ4v) is 2.22. The van der Waals surface area contributed by atoms with Crippen LogP contribution in [0.15, 0.2) is 22.0 Å². The number of hydrogen-bond donors (Lipinski definition) is 2. The van der Waals surface area contributed by atoms with Crippen LogP contribution in [0.25, 0.3) is 0 Å². The van der Waals surface area contributed by atoms with Gasteiger partial charge in [-0.3, -0.25) is 9.78 Å². The van der Waals surface area contributed by atoms with Crippen molar-refractivity contribution in [1.82, 2.24) is 15.2 Å². The van der Waals surface area contributed by atoms with Crippen molar-refractivity contribution >= 4 is 12.2 Å². The summed E-state index contributed by atoms with van der Waals surface area (Å²) in [4.78, 5) is 14.7. The van der Waals surface area contributed by atoms with Crippen LogP contribution in [-0.4, -0.2) is 42.7 Å². The third-order valence-electron chi connectivity index (χ3n) is 3.48. The highest BCUT2D eigenvalue weighted by Gasteiger charge is 2.20. The average molecular weight is 361 g/mol. The first-order valence-corrected chi connectivity index (χ1v) is 7.86. The summed E-state index contributed by atoms with van der Waals surface area (Å²) in [6.07, 6.45) is 1.53. The van der Waals surface area contributed by atoms with E-state index in [2.05, 4.69) is 25.7 Å². The number of H-pyrrole nitrogens is 1. The quantitative estimate of drug-likeness (QED) is 0.597. The number of aromatic amines is 1. The maximum absolute atomic E-state index is 12.1. The molecule has 1 aromatic carbocycles. The van der Waals surface area contributed by atoms with Gasteiger partial charge in [0.2, 0.25) is 11.7 Å². The number of hydrazone groups is 1. The van der Waals surface area contributed by atoms with Crippen LogP contribution in [0.5, 0.6) is 17.2 Å². The van der Waals surface area contributed by atoms with Crippen LogP contribution in [0.1, 0.15) is 32.0 Å². The van der Waals surface area contributed by atoms with Gasteiger partial charge in [-0.1, -0.05) is 20.8 Å². The maximum atomic E-state index is 12.1. The van der Waals surface area contributed by atoms with Gasteiger partial charge in [0.15, 0.2) is 11.5 Å². The van der Waals surface area contributed by atoms with Crippen molar-refractivity contribution < 1.29 is 14.2 Å². The van der Waals surface area contributed by atoms with Gasteiger partial charge in [-0.05, 0) is 12.1 Å². The van der Waals surface area contributed by atoms with Crippen LogP contribution in [-0.2, 0) is 5.41 Å². The van der Waals surface area contributed by atoms with Crippen molar-refractivity contribution in [3.63, 3.8) is 0 Å². The summed E-state index contributed by atoms with van der Waals surface area (Å²) >= 11 is 0. The Morgan fingerprint density at radius 2 is 1.69 bits per heavy atom. The van der Waals surface area contributed by atoms with E-state index in [9.17, 15) is 4.79 Å². The first-order chi connectivity index (χ1) is 12.3. The second kappa shape index (κ2) is 7.85. The molecule has 0 saturated heterocycles. The van der Waals surface area contributed by atoms with Gasteiger partial charge in [0.1, 0.15) is 5.69 Å². The van der Waals surface area contributed by atoms with Crippen molar-refractivity contribution in [2.45, 2.75) is 26.2 Å². The summed E-state index contributed by atoms with van der Waals surface area (Å²) in [5, 5.41) is 11.9. The molecule has 9 heteroatoms. The normalized spacial score (nSPS) is 11.5. The third-order valence-corrected chi connectivity index (χ3v) is 3.48. The Kier molecular flexibility index (Phi) is 5.81. The largest absolute Gasteiger partial charge is 0.493 e. The minimum atomic E-state index is -0.390. The van der Waals surface area contributed by atoms with Crippen molar-refractivity contribution in [2.24, 2.45) is 5.10 Å². The second-order valence-electron chi connectivity index (χ2n) is 6.43. The smallest absolute Gasteiger partial charge is 0.274 e. The predicted molar refractivity (Wildman–Crippen MR) is 98.7 cm³/mol. The van der Waals surface area contributed by atoms with E-state index in [0.717, 1.165) is 0 Å². The number of nitrogens with zero attached hydrogens (tertiary/aromatic N) is 3. The Morgan fingerprint density at radius 3 is 2.15 bits per heavy atom. The standard InChI is InChI=1S/C17H23N5O4/c1-17(2,3)14-15(23)19-16(22-20-14)21-18-9-10-7-11(24-4)13(26-6)12(8-10)25-5/h7-9H,1-6H3,(H2,19,21,22,23)/b18-9-. The lowest BCUT2D eigenvalue weighted by Gasteiger charge is -2.15. The van der Waals surface area contributed by atoms with Crippen LogP contribution < -0.4 is 25.2 Å². The Balaban J connectivity index is 2.21. The molecule has 140 valence electrons. The summed E-state index contributed by atoms with van der Waals surface area (Å²) in [6, 6.07) is 3.48. The molecule has 2 rings (SSSR count). The number of benzene rings is 1. The minimum absolute atomic E-state index is 0.145. The molecule has 2 aromatic rings. The summed E-state index contributed by atoms with van der Waals surface area (Å²) in [5.41, 5.74) is 3.01. The molecular weight excluding hydrogens is 338 g/mol. The molecule has 0 atom stereocenters. The number of rotatable bonds is 6. The molecule has 2 N–H and O–H groups in total. The molecule has 0 aliphatic carbocycles. The lowest BCUT2D eigenvalue weighted by molar-refractivity contribution is 0.324. The van der Waals surface area contributed by atoms with E-state index in [0.29, 0.717) is 28.5 Å². The van der Waals surface area contributed by atoms with E-state index < -0.39 is 5.41 Å². The van der Waals surface area contributed by atoms with E-state index in [1.54, 1.807) is 12.1 Å². The summed E-state index contributed by atoms with van der Waals surface area (Å²) in [7, 11) is 4.60. The Bertz CT molecular complexity index is 830. The molecule has 0 bridgehead atoms. The molecular formula is C17H23N5O4. The lowest BCUT2D eigenvalue weighted by Crippen LogP contribution is -2.28. The first kappa shape index (κ1) is 19.2. The number of hydrogen-bond acceptors (Lipinski definition) is 8. The van der Waals surface area contributed by atoms with Gasteiger partial charge in [-0.2, -0.15) is 5.10 Å². The van der Waals surface area contributed by atoms with Crippen LogP contribution in [0.2, 0.25) is 0 Å². The van der Waals surface area contributed by atoms with Gasteiger partial charge in [0, 0.05) is 11.0 Å². The monoisotopic (exact) mass is 361 g/mol. The fourth-order valence-electron chi connectivity index (χ4n) is 2.22. The number of anilines is 1. The highest BCUT2D eigenvalue weighted by Crippen LogP contribution is 2.37. The minimum Gasteiger partial charge on any atom is -0.493 e. The van der Waals surface area contributed by atoms with Gasteiger partial charge in [0.25, 0.3) is 5.56 Å². The van der Waals surface area contributed by atoms with Crippen LogP contribution in [0, 0.1) is 0 Å². The van der Waals surface area contributed by atoms with Crippen LogP contribution in [0.3, 0.4) is 0 Å². The van der Waals surface area contributed by atoms with Crippen molar-refractivity contribution in [3.8, 4) is 17.2 Å². The summed E-state index contributed by atoms with van der Waals surface area (Å²) < 4.78 is 15.8. The van der Waals surface area contributed by atoms with Gasteiger partial charge in [-0.15, -0.1) is 10.2 Å². The van der Waals surface area contributed by atoms with Crippen molar-refractivity contribution in [3.05, 3.63) is 33.7 Å². The van der Waals surface area contributed by atoms with Gasteiger partial charge >= 0.3 is 0 Å². The number of aromatic nitrogens is 3. The van der Waals surface area contributed by atoms with Crippen molar-refractivity contribution in [2.75, 3.05) is 26.8 Å². The number of methoxy groups -OCH3 is 3. The molecule has 0 spiro atoms. The maximum Gasteiger partial charge on any atom is 0.274 e. The van der Waals surface area contributed by atoms with Gasteiger partial charge in [0.05, 0.1) is 27.5 Å². The SMILES string of the molecule is COc1cc(/C=N\Nc2nnc(C(C)(C)C)c(=O)[nH]2)cc(OC)c1OC. The van der Waals surface area contributed by atoms with Crippen LogP contribution >= 0.6 is 0 Å². The first-order valence-electron chi connectivity index (χ1n) is 7.86. The van der Waals surface area contributed by atoms with Gasteiger partial charge in [-0.25, -0.2) is 5.43 Å². The van der Waals surface area contributed by atoms with E-state index in [1.807, 2.05) is 20.8 Å². The number of nitrogens with one attached hydrogen (secondary N) is 2. The molecule has 9 nitrogen and oxygen atoms in total. The van der Waals surface area contributed by atoms with E-state index in [1.165, 1.54) is 27.5 Å². The Morgan fingerprint density at radius 1 is 1.08 bits per heavy atom. The third kappa shape index (κ3) is 4.29. The van der Waals surface area contributed by atoms with E-state index >= 15 is 0 Å². The Labute approximate surface area is 151 Å². The molecule has 0 aliphatic rings. The molecule has 0 fully saturated rings. The second-order valence-corrected chi connectivity index (χ2v) is 6.43. The number of ether oxygens (including phenoxy) is 3. The summed E-state index contributed by atoms with van der Waals surface area (Å²) in [5.74, 6) is 1.66. The average Bonchev–Trinajstić information content (AvgIpc) is 2.59. The van der Waals surface area contributed by atoms with Crippen LogP contribution in [0.4, 0.5) is 5.95 Å². The fraction of sp³-hybridized carbons (Fsp3) is 0.412. The molecule has 0 radical (unpaired) electrons. The highest BCUT2D eigenvalue weighted by molar-refractivity contribution is 5.82.